The van der Waals surface area contributed by atoms with E-state index in [1.807, 2.05) is 6.07 Å². The summed E-state index contributed by atoms with van der Waals surface area (Å²) in [5.41, 5.74) is 12.1. The predicted octanol–water partition coefficient (Wildman–Crippen LogP) is 1.29. The smallest absolute Gasteiger partial charge is 0.144 e. The first kappa shape index (κ1) is 12.0. The van der Waals surface area contributed by atoms with E-state index in [-0.39, 0.29) is 11.2 Å². The van der Waals surface area contributed by atoms with Crippen LogP contribution in [0.15, 0.2) is 18.3 Å². The Kier molecular flexibility index (Phi) is 3.43. The van der Waals surface area contributed by atoms with Crippen LogP contribution in [0.4, 0.5) is 5.82 Å². The minimum atomic E-state index is -0.280. The second-order valence-corrected chi connectivity index (χ2v) is 4.88. The number of aromatic nitrogens is 1. The molecule has 1 saturated carbocycles. The van der Waals surface area contributed by atoms with Gasteiger partial charge in [0.2, 0.25) is 0 Å². The van der Waals surface area contributed by atoms with E-state index in [2.05, 4.69) is 4.98 Å². The summed E-state index contributed by atoms with van der Waals surface area (Å²) in [6.07, 6.45) is 6.15. The van der Waals surface area contributed by atoms with Crippen LogP contribution >= 0.6 is 0 Å². The van der Waals surface area contributed by atoms with Crippen molar-refractivity contribution in [3.05, 3.63) is 23.9 Å². The molecule has 1 aliphatic rings. The third-order valence-corrected chi connectivity index (χ3v) is 3.75. The van der Waals surface area contributed by atoms with Crippen molar-refractivity contribution in [2.45, 2.75) is 32.1 Å². The highest BCUT2D eigenvalue weighted by Crippen LogP contribution is 2.38. The lowest BCUT2D eigenvalue weighted by Gasteiger charge is -2.25. The summed E-state index contributed by atoms with van der Waals surface area (Å²) in [5.74, 6) is 0.714. The molecule has 0 atom stereocenters. The minimum absolute atomic E-state index is 0.253. The lowest BCUT2D eigenvalue weighted by atomic mass is 9.79. The second-order valence-electron chi connectivity index (χ2n) is 4.88. The van der Waals surface area contributed by atoms with Crippen molar-refractivity contribution in [3.8, 4) is 0 Å². The fourth-order valence-electron chi connectivity index (χ4n) is 2.63. The van der Waals surface area contributed by atoms with Crippen molar-refractivity contribution in [2.75, 3.05) is 12.3 Å². The van der Waals surface area contributed by atoms with Gasteiger partial charge in [0.1, 0.15) is 11.6 Å². The third kappa shape index (κ3) is 2.47. The van der Waals surface area contributed by atoms with Crippen molar-refractivity contribution in [3.63, 3.8) is 0 Å². The molecule has 4 nitrogen and oxygen atoms in total. The molecule has 1 aliphatic carbocycles. The van der Waals surface area contributed by atoms with E-state index in [0.717, 1.165) is 31.2 Å². The number of hydrogen-bond donors (Lipinski definition) is 2. The number of hydrogen-bond acceptors (Lipinski definition) is 4. The molecule has 0 spiro atoms. The Balaban J connectivity index is 2.10. The number of nitrogen functional groups attached to an aromatic ring is 1. The van der Waals surface area contributed by atoms with Crippen LogP contribution in [0, 0.1) is 5.41 Å². The van der Waals surface area contributed by atoms with E-state index >= 15 is 0 Å². The summed E-state index contributed by atoms with van der Waals surface area (Å²) < 4.78 is 0. The van der Waals surface area contributed by atoms with Gasteiger partial charge in [0.15, 0.2) is 0 Å². The van der Waals surface area contributed by atoms with Crippen LogP contribution in [0.25, 0.3) is 0 Å². The summed E-state index contributed by atoms with van der Waals surface area (Å²) in [6, 6.07) is 3.60. The fraction of sp³-hybridized carbons (Fsp3) is 0.538. The molecule has 2 rings (SSSR count). The predicted molar refractivity (Wildman–Crippen MR) is 67.3 cm³/mol. The number of carbonyl (C=O) groups is 1. The van der Waals surface area contributed by atoms with Gasteiger partial charge in [0.05, 0.1) is 0 Å². The van der Waals surface area contributed by atoms with Crippen LogP contribution in [0.2, 0.25) is 0 Å². The van der Waals surface area contributed by atoms with E-state index in [4.69, 9.17) is 11.5 Å². The Morgan fingerprint density at radius 3 is 2.71 bits per heavy atom. The van der Waals surface area contributed by atoms with E-state index in [9.17, 15) is 4.79 Å². The molecule has 92 valence electrons. The first-order valence-electron chi connectivity index (χ1n) is 6.10. The second kappa shape index (κ2) is 4.84. The number of carbonyl (C=O) groups excluding carboxylic acids is 1. The number of nitrogens with zero attached hydrogens (tertiary/aromatic N) is 1. The molecule has 0 aliphatic heterocycles. The van der Waals surface area contributed by atoms with Crippen molar-refractivity contribution >= 4 is 11.6 Å². The average Bonchev–Trinajstić information content (AvgIpc) is 2.78. The quantitative estimate of drug-likeness (QED) is 0.821. The highest BCUT2D eigenvalue weighted by molar-refractivity contribution is 5.87. The van der Waals surface area contributed by atoms with E-state index in [1.54, 1.807) is 12.3 Å². The third-order valence-electron chi connectivity index (χ3n) is 3.75. The number of anilines is 1. The molecule has 0 unspecified atom stereocenters. The molecule has 17 heavy (non-hydrogen) atoms. The number of rotatable bonds is 4. The molecular formula is C13H19N3O. The average molecular weight is 233 g/mol. The lowest BCUT2D eigenvalue weighted by Crippen LogP contribution is -2.37. The van der Waals surface area contributed by atoms with Gasteiger partial charge >= 0.3 is 0 Å². The van der Waals surface area contributed by atoms with Gasteiger partial charge in [-0.05, 0) is 30.5 Å². The number of nitrogens with two attached hydrogens (primary N) is 2. The molecule has 1 aromatic heterocycles. The van der Waals surface area contributed by atoms with Crippen molar-refractivity contribution < 1.29 is 4.79 Å². The molecule has 1 fully saturated rings. The molecule has 0 saturated heterocycles. The molecule has 0 amide bonds. The Hall–Kier alpha value is -1.42. The zero-order chi connectivity index (χ0) is 12.3. The van der Waals surface area contributed by atoms with Crippen LogP contribution in [0.1, 0.15) is 31.2 Å². The van der Waals surface area contributed by atoms with Crippen molar-refractivity contribution in [1.82, 2.24) is 4.98 Å². The van der Waals surface area contributed by atoms with Crippen LogP contribution in [0.3, 0.4) is 0 Å². The van der Waals surface area contributed by atoms with Gasteiger partial charge in [-0.25, -0.2) is 4.98 Å². The Morgan fingerprint density at radius 1 is 1.41 bits per heavy atom. The first-order chi connectivity index (χ1) is 8.16. The number of pyridine rings is 1. The van der Waals surface area contributed by atoms with Crippen molar-refractivity contribution in [2.24, 2.45) is 11.1 Å². The fourth-order valence-corrected chi connectivity index (χ4v) is 2.63. The van der Waals surface area contributed by atoms with Crippen LogP contribution < -0.4 is 11.5 Å². The highest BCUT2D eigenvalue weighted by atomic mass is 16.1. The lowest BCUT2D eigenvalue weighted by molar-refractivity contribution is -0.127. The molecular weight excluding hydrogens is 214 g/mol. The van der Waals surface area contributed by atoms with Gasteiger partial charge in [-0.3, -0.25) is 4.79 Å². The van der Waals surface area contributed by atoms with Gasteiger partial charge in [0, 0.05) is 24.6 Å². The number of ketones is 1. The SMILES string of the molecule is NCC1(C(=O)Cc2ccnc(N)c2)CCCC1. The van der Waals surface area contributed by atoms with E-state index < -0.39 is 0 Å². The highest BCUT2D eigenvalue weighted by Gasteiger charge is 2.38. The van der Waals surface area contributed by atoms with E-state index in [0.29, 0.717) is 18.8 Å². The Labute approximate surface area is 101 Å². The topological polar surface area (TPSA) is 82.0 Å². The van der Waals surface area contributed by atoms with Gasteiger partial charge in [-0.15, -0.1) is 0 Å². The maximum atomic E-state index is 12.3. The molecule has 1 aromatic rings. The minimum Gasteiger partial charge on any atom is -0.384 e. The monoisotopic (exact) mass is 233 g/mol. The van der Waals surface area contributed by atoms with Gasteiger partial charge in [-0.2, -0.15) is 0 Å². The largest absolute Gasteiger partial charge is 0.384 e. The molecule has 0 radical (unpaired) electrons. The van der Waals surface area contributed by atoms with Crippen LogP contribution in [-0.4, -0.2) is 17.3 Å². The zero-order valence-electron chi connectivity index (χ0n) is 9.98. The molecule has 0 bridgehead atoms. The summed E-state index contributed by atoms with van der Waals surface area (Å²) in [7, 11) is 0. The maximum Gasteiger partial charge on any atom is 0.144 e. The normalized spacial score (nSPS) is 18.2. The molecule has 1 heterocycles. The van der Waals surface area contributed by atoms with Gasteiger partial charge in [-0.1, -0.05) is 12.8 Å². The van der Waals surface area contributed by atoms with Gasteiger partial charge < -0.3 is 11.5 Å². The summed E-state index contributed by atoms with van der Waals surface area (Å²) in [5, 5.41) is 0. The Bertz CT molecular complexity index is 411. The summed E-state index contributed by atoms with van der Waals surface area (Å²) in [4.78, 5) is 16.3. The maximum absolute atomic E-state index is 12.3. The number of Topliss-reactive ketones (excluding diaryl/α,β-unsaturated/α-hetero) is 1. The van der Waals surface area contributed by atoms with Crippen molar-refractivity contribution in [1.29, 1.82) is 0 Å². The zero-order valence-corrected chi connectivity index (χ0v) is 9.98. The summed E-state index contributed by atoms with van der Waals surface area (Å²) >= 11 is 0. The molecule has 0 aromatic carbocycles. The standard InChI is InChI=1S/C13H19N3O/c14-9-13(4-1-2-5-13)11(17)7-10-3-6-16-12(15)8-10/h3,6,8H,1-2,4-5,7,9,14H2,(H2,15,16). The van der Waals surface area contributed by atoms with Crippen LogP contribution in [-0.2, 0) is 11.2 Å². The molecule has 4 N–H and O–H groups in total. The first-order valence-corrected chi connectivity index (χ1v) is 6.10. The summed E-state index contributed by atoms with van der Waals surface area (Å²) in [6.45, 7) is 0.465. The van der Waals surface area contributed by atoms with Crippen LogP contribution in [0.5, 0.6) is 0 Å². The molecule has 4 heteroatoms. The van der Waals surface area contributed by atoms with E-state index in [1.165, 1.54) is 0 Å². The van der Waals surface area contributed by atoms with Gasteiger partial charge in [0.25, 0.3) is 0 Å². The Morgan fingerprint density at radius 2 is 2.12 bits per heavy atom.